The van der Waals surface area contributed by atoms with Crippen LogP contribution in [0, 0.1) is 0 Å². The predicted octanol–water partition coefficient (Wildman–Crippen LogP) is 2.42. The minimum absolute atomic E-state index is 0.202. The number of hydrogen-bond donors (Lipinski definition) is 1. The van der Waals surface area contributed by atoms with Crippen molar-refractivity contribution in [3.05, 3.63) is 29.8 Å². The highest BCUT2D eigenvalue weighted by Crippen LogP contribution is 2.30. The molecular weight excluding hydrogens is 197 g/mol. The summed E-state index contributed by atoms with van der Waals surface area (Å²) in [6, 6.07) is 4.13. The van der Waals surface area contributed by atoms with E-state index in [9.17, 15) is 13.2 Å². The van der Waals surface area contributed by atoms with E-state index in [1.807, 2.05) is 0 Å². The van der Waals surface area contributed by atoms with Crippen LogP contribution in [0.25, 0.3) is 0 Å². The molecule has 2 nitrogen and oxygen atoms in total. The lowest BCUT2D eigenvalue weighted by Crippen LogP contribution is -2.10. The topological polar surface area (TPSA) is 29.5 Å². The average Bonchev–Trinajstić information content (AvgIpc) is 2.02. The summed E-state index contributed by atoms with van der Waals surface area (Å²) >= 11 is 0. The van der Waals surface area contributed by atoms with E-state index in [1.54, 1.807) is 0 Å². The normalized spacial score (nSPS) is 13.8. The van der Waals surface area contributed by atoms with Gasteiger partial charge >= 0.3 is 6.18 Å². The largest absolute Gasteiger partial charge is 0.465 e. The van der Waals surface area contributed by atoms with Gasteiger partial charge in [-0.2, -0.15) is 13.2 Å². The molecule has 0 saturated carbocycles. The molecule has 5 heteroatoms. The third kappa shape index (κ3) is 2.92. The molecular formula is C9H9F3O2. The Bertz CT molecular complexity index is 290. The lowest BCUT2D eigenvalue weighted by atomic mass is 10.2. The maximum Gasteiger partial charge on any atom is 0.416 e. The Hall–Kier alpha value is -1.23. The summed E-state index contributed by atoms with van der Waals surface area (Å²) in [6.07, 6.45) is -5.38. The van der Waals surface area contributed by atoms with Crippen LogP contribution in [0.5, 0.6) is 5.75 Å². The SMILES string of the molecule is CC(O)Oc1ccc(C(F)(F)F)cc1. The van der Waals surface area contributed by atoms with Gasteiger partial charge in [-0.1, -0.05) is 0 Å². The standard InChI is InChI=1S/C9H9F3O2/c1-6(13)14-8-4-2-7(3-5-8)9(10,11)12/h2-6,13H,1H3. The van der Waals surface area contributed by atoms with Crippen molar-refractivity contribution in [3.63, 3.8) is 0 Å². The first-order valence-corrected chi connectivity index (χ1v) is 3.91. The first-order chi connectivity index (χ1) is 6.39. The molecule has 78 valence electrons. The summed E-state index contributed by atoms with van der Waals surface area (Å²) in [5.41, 5.74) is -0.740. The third-order valence-electron chi connectivity index (χ3n) is 1.49. The maximum atomic E-state index is 12.1. The van der Waals surface area contributed by atoms with E-state index >= 15 is 0 Å². The minimum atomic E-state index is -4.34. The number of alkyl halides is 3. The van der Waals surface area contributed by atoms with Gasteiger partial charge in [0.25, 0.3) is 0 Å². The van der Waals surface area contributed by atoms with Crippen molar-refractivity contribution in [2.45, 2.75) is 19.4 Å². The van der Waals surface area contributed by atoms with Gasteiger partial charge in [0.2, 0.25) is 0 Å². The number of hydrogen-bond acceptors (Lipinski definition) is 2. The van der Waals surface area contributed by atoms with Gasteiger partial charge in [-0.25, -0.2) is 0 Å². The van der Waals surface area contributed by atoms with Gasteiger partial charge in [0, 0.05) is 0 Å². The van der Waals surface area contributed by atoms with Crippen LogP contribution in [0.3, 0.4) is 0 Å². The smallest absolute Gasteiger partial charge is 0.416 e. The molecule has 0 spiro atoms. The second kappa shape index (κ2) is 3.88. The van der Waals surface area contributed by atoms with Crippen molar-refractivity contribution < 1.29 is 23.0 Å². The fourth-order valence-electron chi connectivity index (χ4n) is 0.919. The van der Waals surface area contributed by atoms with Gasteiger partial charge < -0.3 is 9.84 Å². The maximum absolute atomic E-state index is 12.1. The third-order valence-corrected chi connectivity index (χ3v) is 1.49. The zero-order valence-electron chi connectivity index (χ0n) is 7.38. The molecule has 0 heterocycles. The Morgan fingerprint density at radius 2 is 1.71 bits per heavy atom. The fourth-order valence-corrected chi connectivity index (χ4v) is 0.919. The molecule has 0 saturated heterocycles. The van der Waals surface area contributed by atoms with Gasteiger partial charge in [-0.15, -0.1) is 0 Å². The monoisotopic (exact) mass is 206 g/mol. The summed E-state index contributed by atoms with van der Waals surface area (Å²) in [5.74, 6) is 0.202. The molecule has 0 amide bonds. The number of ether oxygens (including phenoxy) is 1. The van der Waals surface area contributed by atoms with E-state index < -0.39 is 18.0 Å². The Labute approximate surface area is 78.9 Å². The van der Waals surface area contributed by atoms with Crippen molar-refractivity contribution in [1.29, 1.82) is 0 Å². The number of halogens is 3. The lowest BCUT2D eigenvalue weighted by molar-refractivity contribution is -0.137. The van der Waals surface area contributed by atoms with Gasteiger partial charge in [-0.3, -0.25) is 0 Å². The molecule has 1 aromatic carbocycles. The molecule has 0 aliphatic rings. The summed E-state index contributed by atoms with van der Waals surface area (Å²) in [6.45, 7) is 1.37. The first-order valence-electron chi connectivity index (χ1n) is 3.91. The molecule has 1 rings (SSSR count). The second-order valence-corrected chi connectivity index (χ2v) is 2.74. The molecule has 0 radical (unpaired) electrons. The zero-order valence-corrected chi connectivity index (χ0v) is 7.38. The van der Waals surface area contributed by atoms with E-state index in [2.05, 4.69) is 0 Å². The highest BCUT2D eigenvalue weighted by atomic mass is 19.4. The quantitative estimate of drug-likeness (QED) is 0.753. The molecule has 14 heavy (non-hydrogen) atoms. The van der Waals surface area contributed by atoms with Gasteiger partial charge in [0.15, 0.2) is 6.29 Å². The van der Waals surface area contributed by atoms with Crippen molar-refractivity contribution in [3.8, 4) is 5.75 Å². The van der Waals surface area contributed by atoms with Crippen molar-refractivity contribution >= 4 is 0 Å². The van der Waals surface area contributed by atoms with Crippen LogP contribution >= 0.6 is 0 Å². The van der Waals surface area contributed by atoms with E-state index in [1.165, 1.54) is 6.92 Å². The van der Waals surface area contributed by atoms with Gasteiger partial charge in [0.05, 0.1) is 5.56 Å². The summed E-state index contributed by atoms with van der Waals surface area (Å²) in [4.78, 5) is 0. The Balaban J connectivity index is 2.79. The zero-order chi connectivity index (χ0) is 10.8. The number of aliphatic hydroxyl groups is 1. The molecule has 1 N–H and O–H groups in total. The molecule has 0 bridgehead atoms. The van der Waals surface area contributed by atoms with E-state index in [-0.39, 0.29) is 5.75 Å². The second-order valence-electron chi connectivity index (χ2n) is 2.74. The van der Waals surface area contributed by atoms with Gasteiger partial charge in [-0.05, 0) is 31.2 Å². The van der Waals surface area contributed by atoms with Crippen LogP contribution in [0.15, 0.2) is 24.3 Å². The van der Waals surface area contributed by atoms with Gasteiger partial charge in [0.1, 0.15) is 5.75 Å². The van der Waals surface area contributed by atoms with Crippen LogP contribution in [0.2, 0.25) is 0 Å². The summed E-state index contributed by atoms with van der Waals surface area (Å²) in [5, 5.41) is 8.79. The Morgan fingerprint density at radius 1 is 1.21 bits per heavy atom. The lowest BCUT2D eigenvalue weighted by Gasteiger charge is -2.10. The van der Waals surface area contributed by atoms with Crippen LogP contribution in [0.4, 0.5) is 13.2 Å². The molecule has 0 aliphatic carbocycles. The molecule has 1 unspecified atom stereocenters. The number of aliphatic hydroxyl groups excluding tert-OH is 1. The molecule has 1 aromatic rings. The fraction of sp³-hybridized carbons (Fsp3) is 0.333. The Kier molecular flexibility index (Phi) is 3.00. The van der Waals surface area contributed by atoms with Crippen LogP contribution in [-0.4, -0.2) is 11.4 Å². The van der Waals surface area contributed by atoms with Crippen molar-refractivity contribution in [2.75, 3.05) is 0 Å². The van der Waals surface area contributed by atoms with E-state index in [0.29, 0.717) is 0 Å². The number of rotatable bonds is 2. The highest BCUT2D eigenvalue weighted by molar-refractivity contribution is 5.28. The van der Waals surface area contributed by atoms with Crippen LogP contribution in [0.1, 0.15) is 12.5 Å². The minimum Gasteiger partial charge on any atom is -0.465 e. The predicted molar refractivity (Wildman–Crippen MR) is 43.8 cm³/mol. The summed E-state index contributed by atoms with van der Waals surface area (Å²) in [7, 11) is 0. The summed E-state index contributed by atoms with van der Waals surface area (Å²) < 4.78 is 41.0. The Morgan fingerprint density at radius 3 is 2.07 bits per heavy atom. The molecule has 0 aliphatic heterocycles. The molecule has 0 fully saturated rings. The van der Waals surface area contributed by atoms with E-state index in [0.717, 1.165) is 24.3 Å². The van der Waals surface area contributed by atoms with E-state index in [4.69, 9.17) is 9.84 Å². The van der Waals surface area contributed by atoms with Crippen molar-refractivity contribution in [2.24, 2.45) is 0 Å². The van der Waals surface area contributed by atoms with Crippen LogP contribution < -0.4 is 4.74 Å². The molecule has 0 aromatic heterocycles. The first kappa shape index (κ1) is 10.8. The number of benzene rings is 1. The van der Waals surface area contributed by atoms with Crippen molar-refractivity contribution in [1.82, 2.24) is 0 Å². The van der Waals surface area contributed by atoms with Crippen LogP contribution in [-0.2, 0) is 6.18 Å². The molecule has 1 atom stereocenters. The highest BCUT2D eigenvalue weighted by Gasteiger charge is 2.29. The average molecular weight is 206 g/mol.